The quantitative estimate of drug-likeness (QED) is 0.776. The number of thiophene rings is 1. The summed E-state index contributed by atoms with van der Waals surface area (Å²) in [5, 5.41) is 0. The molecule has 1 aromatic heterocycles. The first-order chi connectivity index (χ1) is 10.9. The molecule has 23 heavy (non-hydrogen) atoms. The fraction of sp³-hybridized carbons (Fsp3) is 0.312. The molecular weight excluding hydrogens is 350 g/mol. The Morgan fingerprint density at radius 1 is 1.26 bits per heavy atom. The standard InChI is InChI=1S/C16H17NO3S3/c1-21-15-10-9-14(22-15)16(18)17(23(2,19)20)13-8-7-11-5-3-4-6-12(11)13/h3-6,9-10,13H,7-8H2,1-2H3. The van der Waals surface area contributed by atoms with E-state index in [1.54, 1.807) is 17.8 Å². The van der Waals surface area contributed by atoms with E-state index in [0.29, 0.717) is 11.3 Å². The molecular formula is C16H17NO3S3. The van der Waals surface area contributed by atoms with Gasteiger partial charge < -0.3 is 0 Å². The van der Waals surface area contributed by atoms with Gasteiger partial charge >= 0.3 is 0 Å². The molecule has 0 aliphatic heterocycles. The number of thioether (sulfide) groups is 1. The Labute approximate surface area is 144 Å². The highest BCUT2D eigenvalue weighted by atomic mass is 32.2. The van der Waals surface area contributed by atoms with Gasteiger partial charge in [0.1, 0.15) is 0 Å². The molecule has 0 spiro atoms. The van der Waals surface area contributed by atoms with Crippen molar-refractivity contribution in [1.82, 2.24) is 4.31 Å². The lowest BCUT2D eigenvalue weighted by atomic mass is 10.1. The molecule has 1 aliphatic carbocycles. The molecule has 1 aliphatic rings. The van der Waals surface area contributed by atoms with Crippen molar-refractivity contribution in [3.05, 3.63) is 52.4 Å². The molecule has 4 nitrogen and oxygen atoms in total. The Kier molecular flexibility index (Phi) is 4.53. The van der Waals surface area contributed by atoms with Crippen molar-refractivity contribution in [3.63, 3.8) is 0 Å². The summed E-state index contributed by atoms with van der Waals surface area (Å²) in [4.78, 5) is 13.3. The van der Waals surface area contributed by atoms with Crippen LogP contribution in [0.4, 0.5) is 0 Å². The summed E-state index contributed by atoms with van der Waals surface area (Å²) in [5.74, 6) is -0.431. The van der Waals surface area contributed by atoms with E-state index < -0.39 is 22.0 Å². The fourth-order valence-electron chi connectivity index (χ4n) is 2.95. The summed E-state index contributed by atoms with van der Waals surface area (Å²) in [6.45, 7) is 0. The first kappa shape index (κ1) is 16.5. The van der Waals surface area contributed by atoms with Gasteiger partial charge in [-0.3, -0.25) is 4.79 Å². The molecule has 1 heterocycles. The second kappa shape index (κ2) is 6.30. The third-order valence-corrected chi connectivity index (χ3v) is 7.23. The zero-order valence-electron chi connectivity index (χ0n) is 12.9. The maximum Gasteiger partial charge on any atom is 0.278 e. The Hall–Kier alpha value is -1.31. The summed E-state index contributed by atoms with van der Waals surface area (Å²) in [6, 6.07) is 10.9. The van der Waals surface area contributed by atoms with Crippen molar-refractivity contribution in [1.29, 1.82) is 0 Å². The lowest BCUT2D eigenvalue weighted by Gasteiger charge is -2.27. The van der Waals surface area contributed by atoms with Gasteiger partial charge in [0.05, 0.1) is 21.4 Å². The van der Waals surface area contributed by atoms with Crippen LogP contribution in [0.15, 0.2) is 40.6 Å². The van der Waals surface area contributed by atoms with Gasteiger partial charge in [0.15, 0.2) is 0 Å². The van der Waals surface area contributed by atoms with Gasteiger partial charge in [0, 0.05) is 0 Å². The van der Waals surface area contributed by atoms with Crippen molar-refractivity contribution in [2.24, 2.45) is 0 Å². The predicted octanol–water partition coefficient (Wildman–Crippen LogP) is 3.56. The molecule has 3 rings (SSSR count). The minimum absolute atomic E-state index is 0.409. The molecule has 0 bridgehead atoms. The molecule has 1 atom stereocenters. The third-order valence-electron chi connectivity index (χ3n) is 3.94. The van der Waals surface area contributed by atoms with Crippen LogP contribution >= 0.6 is 23.1 Å². The van der Waals surface area contributed by atoms with Crippen LogP contribution in [0.25, 0.3) is 0 Å². The number of hydrogen-bond donors (Lipinski definition) is 0. The highest BCUT2D eigenvalue weighted by Gasteiger charge is 2.37. The lowest BCUT2D eigenvalue weighted by molar-refractivity contribution is 0.0825. The summed E-state index contributed by atoms with van der Waals surface area (Å²) < 4.78 is 26.7. The number of benzene rings is 1. The number of rotatable bonds is 4. The monoisotopic (exact) mass is 367 g/mol. The zero-order valence-corrected chi connectivity index (χ0v) is 15.3. The number of aryl methyl sites for hydroxylation is 1. The Morgan fingerprint density at radius 2 is 2.00 bits per heavy atom. The van der Waals surface area contributed by atoms with Crippen LogP contribution in [0, 0.1) is 0 Å². The molecule has 0 saturated heterocycles. The van der Waals surface area contributed by atoms with Crippen LogP contribution in [0.1, 0.15) is 33.3 Å². The second-order valence-corrected chi connectivity index (χ2v) is 9.49. The van der Waals surface area contributed by atoms with E-state index in [9.17, 15) is 13.2 Å². The Morgan fingerprint density at radius 3 is 2.65 bits per heavy atom. The highest BCUT2D eigenvalue weighted by molar-refractivity contribution is 8.00. The van der Waals surface area contributed by atoms with Crippen molar-refractivity contribution < 1.29 is 13.2 Å². The number of nitrogens with zero attached hydrogens (tertiary/aromatic N) is 1. The topological polar surface area (TPSA) is 54.5 Å². The van der Waals surface area contributed by atoms with E-state index in [0.717, 1.165) is 32.3 Å². The van der Waals surface area contributed by atoms with E-state index in [-0.39, 0.29) is 0 Å². The van der Waals surface area contributed by atoms with Gasteiger partial charge in [-0.25, -0.2) is 12.7 Å². The van der Waals surface area contributed by atoms with E-state index in [2.05, 4.69) is 0 Å². The molecule has 7 heteroatoms. The van der Waals surface area contributed by atoms with E-state index in [1.165, 1.54) is 11.3 Å². The number of amides is 1. The summed E-state index contributed by atoms with van der Waals surface area (Å²) in [7, 11) is -3.65. The van der Waals surface area contributed by atoms with E-state index >= 15 is 0 Å². The van der Waals surface area contributed by atoms with Gasteiger partial charge in [-0.15, -0.1) is 23.1 Å². The predicted molar refractivity (Wildman–Crippen MR) is 94.6 cm³/mol. The second-order valence-electron chi connectivity index (χ2n) is 5.44. The van der Waals surface area contributed by atoms with E-state index in [4.69, 9.17) is 0 Å². The van der Waals surface area contributed by atoms with Crippen molar-refractivity contribution in [3.8, 4) is 0 Å². The molecule has 0 saturated carbocycles. The smallest absolute Gasteiger partial charge is 0.267 e. The van der Waals surface area contributed by atoms with Crippen LogP contribution in [0.3, 0.4) is 0 Å². The minimum Gasteiger partial charge on any atom is -0.267 e. The Balaban J connectivity index is 2.02. The van der Waals surface area contributed by atoms with Gasteiger partial charge in [0.25, 0.3) is 5.91 Å². The average Bonchev–Trinajstić information content (AvgIpc) is 3.13. The molecule has 122 valence electrons. The van der Waals surface area contributed by atoms with Crippen LogP contribution in [0.5, 0.6) is 0 Å². The van der Waals surface area contributed by atoms with Gasteiger partial charge in [-0.2, -0.15) is 0 Å². The SMILES string of the molecule is CSc1ccc(C(=O)N(C2CCc3ccccc32)S(C)(=O)=O)s1. The van der Waals surface area contributed by atoms with Crippen LogP contribution in [0.2, 0.25) is 0 Å². The van der Waals surface area contributed by atoms with Crippen molar-refractivity contribution in [2.75, 3.05) is 12.5 Å². The number of carbonyl (C=O) groups is 1. The molecule has 0 radical (unpaired) electrons. The fourth-order valence-corrected chi connectivity index (χ4v) is 5.57. The maximum absolute atomic E-state index is 12.9. The zero-order chi connectivity index (χ0) is 16.6. The van der Waals surface area contributed by atoms with Crippen molar-refractivity contribution >= 4 is 39.0 Å². The maximum atomic E-state index is 12.9. The molecule has 1 aromatic carbocycles. The Bertz CT molecular complexity index is 842. The normalized spacial score (nSPS) is 17.0. The van der Waals surface area contributed by atoms with Crippen LogP contribution < -0.4 is 0 Å². The van der Waals surface area contributed by atoms with E-state index in [1.807, 2.05) is 36.6 Å². The summed E-state index contributed by atoms with van der Waals surface area (Å²) in [6.07, 6.45) is 4.47. The van der Waals surface area contributed by atoms with Gasteiger partial charge in [-0.05, 0) is 42.4 Å². The molecule has 1 unspecified atom stereocenters. The molecule has 2 aromatic rings. The molecule has 0 N–H and O–H groups in total. The number of sulfonamides is 1. The highest BCUT2D eigenvalue weighted by Crippen LogP contribution is 2.38. The molecule has 0 fully saturated rings. The summed E-state index contributed by atoms with van der Waals surface area (Å²) in [5.41, 5.74) is 2.06. The van der Waals surface area contributed by atoms with Gasteiger partial charge in [-0.1, -0.05) is 24.3 Å². The average molecular weight is 368 g/mol. The lowest BCUT2D eigenvalue weighted by Crippen LogP contribution is -2.38. The third kappa shape index (κ3) is 3.18. The minimum atomic E-state index is -3.65. The first-order valence-corrected chi connectivity index (χ1v) is 11.1. The largest absolute Gasteiger partial charge is 0.278 e. The number of fused-ring (bicyclic) bond motifs is 1. The summed E-state index contributed by atoms with van der Waals surface area (Å²) >= 11 is 2.88. The first-order valence-electron chi connectivity index (χ1n) is 7.17. The molecule has 1 amide bonds. The van der Waals surface area contributed by atoms with Crippen LogP contribution in [-0.2, 0) is 16.4 Å². The van der Waals surface area contributed by atoms with Crippen molar-refractivity contribution in [2.45, 2.75) is 23.1 Å². The number of carbonyl (C=O) groups excluding carboxylic acids is 1. The number of hydrogen-bond acceptors (Lipinski definition) is 5. The van der Waals surface area contributed by atoms with Crippen LogP contribution in [-0.4, -0.2) is 31.1 Å². The van der Waals surface area contributed by atoms with Gasteiger partial charge in [0.2, 0.25) is 10.0 Å².